The van der Waals surface area contributed by atoms with E-state index in [4.69, 9.17) is 4.74 Å². The molecule has 1 atom stereocenters. The number of hydrogen-bond donors (Lipinski definition) is 1. The second kappa shape index (κ2) is 8.98. The van der Waals surface area contributed by atoms with Gasteiger partial charge in [0.15, 0.2) is 0 Å². The lowest BCUT2D eigenvalue weighted by Gasteiger charge is -2.27. The zero-order valence-corrected chi connectivity index (χ0v) is 11.3. The van der Waals surface area contributed by atoms with Gasteiger partial charge in [-0.2, -0.15) is 0 Å². The van der Waals surface area contributed by atoms with E-state index in [1.807, 2.05) is 25.7 Å². The molecule has 0 spiro atoms. The van der Waals surface area contributed by atoms with Gasteiger partial charge in [0.2, 0.25) is 5.91 Å². The molecule has 1 N–H and O–H groups in total. The molecule has 1 unspecified atom stereocenters. The van der Waals surface area contributed by atoms with Crippen LogP contribution in [0.5, 0.6) is 0 Å². The number of nitrogens with zero attached hydrogens (tertiary/aromatic N) is 1. The summed E-state index contributed by atoms with van der Waals surface area (Å²) in [5, 5.41) is 2.73. The van der Waals surface area contributed by atoms with Crippen molar-refractivity contribution in [1.29, 1.82) is 0 Å². The number of carbonyl (C=O) groups is 2. The predicted octanol–water partition coefficient (Wildman–Crippen LogP) is 0.786. The van der Waals surface area contributed by atoms with Crippen LogP contribution in [0.15, 0.2) is 0 Å². The Kier molecular flexibility index (Phi) is 8.40. The summed E-state index contributed by atoms with van der Waals surface area (Å²) in [6, 6.07) is -0.331. The summed E-state index contributed by atoms with van der Waals surface area (Å²) >= 11 is 0. The maximum Gasteiger partial charge on any atom is 0.323 e. The van der Waals surface area contributed by atoms with Crippen molar-refractivity contribution in [2.24, 2.45) is 0 Å². The van der Waals surface area contributed by atoms with Crippen LogP contribution in [0.3, 0.4) is 0 Å². The Bertz CT molecular complexity index is 244. The van der Waals surface area contributed by atoms with Gasteiger partial charge in [-0.05, 0) is 26.8 Å². The summed E-state index contributed by atoms with van der Waals surface area (Å²) < 4.78 is 5.01. The van der Waals surface area contributed by atoms with E-state index in [1.54, 1.807) is 6.92 Å². The van der Waals surface area contributed by atoms with Crippen LogP contribution in [-0.4, -0.2) is 49.1 Å². The minimum absolute atomic E-state index is 0.0582. The Hall–Kier alpha value is -1.10. The first-order chi connectivity index (χ1) is 8.10. The van der Waals surface area contributed by atoms with Crippen LogP contribution in [0.4, 0.5) is 0 Å². The van der Waals surface area contributed by atoms with Crippen molar-refractivity contribution in [3.05, 3.63) is 0 Å². The van der Waals surface area contributed by atoms with Gasteiger partial charge >= 0.3 is 5.97 Å². The van der Waals surface area contributed by atoms with Crippen molar-refractivity contribution >= 4 is 11.9 Å². The number of likely N-dealkylation sites (N-methyl/N-ethyl adjacent to an activating group) is 2. The van der Waals surface area contributed by atoms with E-state index in [-0.39, 0.29) is 24.5 Å². The van der Waals surface area contributed by atoms with Gasteiger partial charge in [0.1, 0.15) is 6.04 Å². The highest BCUT2D eigenvalue weighted by atomic mass is 16.5. The smallest absolute Gasteiger partial charge is 0.323 e. The first-order valence-corrected chi connectivity index (χ1v) is 6.27. The Morgan fingerprint density at radius 2 is 1.88 bits per heavy atom. The molecule has 0 aliphatic rings. The van der Waals surface area contributed by atoms with Crippen molar-refractivity contribution < 1.29 is 14.3 Å². The standard InChI is InChI=1S/C12H24N2O3/c1-5-10(12(16)17-8-4)14(7-3)9-11(15)13-6-2/h10H,5-9H2,1-4H3,(H,13,15). The first kappa shape index (κ1) is 15.9. The predicted molar refractivity (Wildman–Crippen MR) is 66.6 cm³/mol. The molecule has 0 saturated carbocycles. The molecule has 0 saturated heterocycles. The van der Waals surface area contributed by atoms with Crippen LogP contribution < -0.4 is 5.32 Å². The van der Waals surface area contributed by atoms with Gasteiger partial charge in [0.05, 0.1) is 13.2 Å². The number of hydrogen-bond acceptors (Lipinski definition) is 4. The van der Waals surface area contributed by atoms with Crippen LogP contribution in [0.25, 0.3) is 0 Å². The van der Waals surface area contributed by atoms with Crippen LogP contribution in [0.2, 0.25) is 0 Å². The van der Waals surface area contributed by atoms with Crippen LogP contribution in [0, 0.1) is 0 Å². The van der Waals surface area contributed by atoms with Crippen LogP contribution in [-0.2, 0) is 14.3 Å². The van der Waals surface area contributed by atoms with Gasteiger partial charge in [-0.1, -0.05) is 13.8 Å². The highest BCUT2D eigenvalue weighted by Gasteiger charge is 2.25. The fourth-order valence-electron chi connectivity index (χ4n) is 1.69. The minimum Gasteiger partial charge on any atom is -0.465 e. The average molecular weight is 244 g/mol. The number of rotatable bonds is 8. The van der Waals surface area contributed by atoms with Crippen molar-refractivity contribution in [3.63, 3.8) is 0 Å². The number of amides is 1. The zero-order valence-electron chi connectivity index (χ0n) is 11.3. The highest BCUT2D eigenvalue weighted by molar-refractivity contribution is 5.80. The summed E-state index contributed by atoms with van der Waals surface area (Å²) in [7, 11) is 0. The molecule has 5 nitrogen and oxygen atoms in total. The Morgan fingerprint density at radius 1 is 1.24 bits per heavy atom. The second-order valence-corrected chi connectivity index (χ2v) is 3.69. The van der Waals surface area contributed by atoms with Gasteiger partial charge in [-0.3, -0.25) is 14.5 Å². The Morgan fingerprint density at radius 3 is 2.29 bits per heavy atom. The molecular formula is C12H24N2O3. The number of ether oxygens (including phenoxy) is 1. The molecule has 0 bridgehead atoms. The molecule has 0 aliphatic heterocycles. The molecule has 0 heterocycles. The van der Waals surface area contributed by atoms with Gasteiger partial charge in [-0.25, -0.2) is 0 Å². The summed E-state index contributed by atoms with van der Waals surface area (Å²) in [4.78, 5) is 25.1. The summed E-state index contributed by atoms with van der Waals surface area (Å²) in [5.41, 5.74) is 0. The molecule has 0 fully saturated rings. The highest BCUT2D eigenvalue weighted by Crippen LogP contribution is 2.06. The van der Waals surface area contributed by atoms with Crippen molar-refractivity contribution in [2.75, 3.05) is 26.2 Å². The largest absolute Gasteiger partial charge is 0.465 e. The molecule has 0 aromatic heterocycles. The van der Waals surface area contributed by atoms with E-state index in [2.05, 4.69) is 5.32 Å². The lowest BCUT2D eigenvalue weighted by molar-refractivity contribution is -0.150. The third kappa shape index (κ3) is 5.68. The fraction of sp³-hybridized carbons (Fsp3) is 0.833. The first-order valence-electron chi connectivity index (χ1n) is 6.27. The SMILES string of the molecule is CCNC(=O)CN(CC)C(CC)C(=O)OCC. The molecule has 0 radical (unpaired) electrons. The summed E-state index contributed by atoms with van der Waals surface area (Å²) in [6.45, 7) is 9.36. The molecule has 5 heteroatoms. The van der Waals surface area contributed by atoms with Crippen molar-refractivity contribution in [3.8, 4) is 0 Å². The van der Waals surface area contributed by atoms with E-state index in [0.29, 0.717) is 26.1 Å². The molecule has 100 valence electrons. The lowest BCUT2D eigenvalue weighted by Crippen LogP contribution is -2.46. The molecule has 0 aromatic carbocycles. The molecule has 1 amide bonds. The Balaban J connectivity index is 4.47. The fourth-order valence-corrected chi connectivity index (χ4v) is 1.69. The maximum atomic E-state index is 11.7. The maximum absolute atomic E-state index is 11.7. The van der Waals surface area contributed by atoms with Gasteiger partial charge in [0, 0.05) is 6.54 Å². The Labute approximate surface area is 103 Å². The molecular weight excluding hydrogens is 220 g/mol. The molecule has 17 heavy (non-hydrogen) atoms. The lowest BCUT2D eigenvalue weighted by atomic mass is 10.2. The van der Waals surface area contributed by atoms with Gasteiger partial charge in [-0.15, -0.1) is 0 Å². The van der Waals surface area contributed by atoms with Crippen LogP contribution >= 0.6 is 0 Å². The third-order valence-electron chi connectivity index (χ3n) is 2.51. The normalized spacial score (nSPS) is 12.3. The summed E-state index contributed by atoms with van der Waals surface area (Å²) in [6.07, 6.45) is 0.645. The van der Waals surface area contributed by atoms with E-state index in [9.17, 15) is 9.59 Å². The van der Waals surface area contributed by atoms with E-state index >= 15 is 0 Å². The summed E-state index contributed by atoms with van der Waals surface area (Å²) in [5.74, 6) is -0.307. The quantitative estimate of drug-likeness (QED) is 0.641. The zero-order chi connectivity index (χ0) is 13.3. The molecule has 0 aromatic rings. The minimum atomic E-state index is -0.331. The van der Waals surface area contributed by atoms with E-state index in [1.165, 1.54) is 0 Å². The van der Waals surface area contributed by atoms with Gasteiger partial charge in [0.25, 0.3) is 0 Å². The number of esters is 1. The molecule has 0 rings (SSSR count). The molecule has 0 aliphatic carbocycles. The average Bonchev–Trinajstić information content (AvgIpc) is 2.29. The van der Waals surface area contributed by atoms with E-state index in [0.717, 1.165) is 0 Å². The van der Waals surface area contributed by atoms with Gasteiger partial charge < -0.3 is 10.1 Å². The van der Waals surface area contributed by atoms with Crippen molar-refractivity contribution in [1.82, 2.24) is 10.2 Å². The monoisotopic (exact) mass is 244 g/mol. The van der Waals surface area contributed by atoms with Crippen LogP contribution in [0.1, 0.15) is 34.1 Å². The topological polar surface area (TPSA) is 58.6 Å². The van der Waals surface area contributed by atoms with Crippen molar-refractivity contribution in [2.45, 2.75) is 40.2 Å². The number of nitrogens with one attached hydrogen (secondary N) is 1. The second-order valence-electron chi connectivity index (χ2n) is 3.69. The number of carbonyl (C=O) groups excluding carboxylic acids is 2. The third-order valence-corrected chi connectivity index (χ3v) is 2.51. The van der Waals surface area contributed by atoms with E-state index < -0.39 is 0 Å².